The zero-order valence-corrected chi connectivity index (χ0v) is 23.4. The molecule has 0 aliphatic heterocycles. The standard InChI is InChI=1S/C35H34N2O3/c1-22(2)28-9-7-8-26(18-28)20-36-34(38)29-16-17-33-32(19-29)23(3)24(4)37(33)21-25-12-14-27(15-13-25)30-10-5-6-11-31(30)35(39)40/h5-19,22H,20-21H2,1-4H3,(H,36,38)(H,39,40). The van der Waals surface area contributed by atoms with Gasteiger partial charge in [0, 0.05) is 35.2 Å². The summed E-state index contributed by atoms with van der Waals surface area (Å²) >= 11 is 0. The van der Waals surface area contributed by atoms with Crippen LogP contribution in [-0.4, -0.2) is 21.6 Å². The maximum atomic E-state index is 13.0. The van der Waals surface area contributed by atoms with Crippen LogP contribution in [0.15, 0.2) is 91.0 Å². The second-order valence-electron chi connectivity index (χ2n) is 10.7. The molecule has 5 nitrogen and oxygen atoms in total. The Kier molecular flexibility index (Phi) is 7.56. The Balaban J connectivity index is 1.35. The topological polar surface area (TPSA) is 71.3 Å². The van der Waals surface area contributed by atoms with Crippen molar-refractivity contribution in [2.24, 2.45) is 0 Å². The Labute approximate surface area is 235 Å². The van der Waals surface area contributed by atoms with E-state index in [9.17, 15) is 14.7 Å². The third kappa shape index (κ3) is 5.41. The SMILES string of the molecule is Cc1c(C)n(Cc2ccc(-c3ccccc3C(=O)O)cc2)c2ccc(C(=O)NCc3cccc(C(C)C)c3)cc12. The van der Waals surface area contributed by atoms with Crippen molar-refractivity contribution < 1.29 is 14.7 Å². The molecule has 0 aliphatic rings. The Morgan fingerprint density at radius 3 is 2.33 bits per heavy atom. The molecule has 5 aromatic rings. The number of aromatic carboxylic acids is 1. The highest BCUT2D eigenvalue weighted by molar-refractivity contribution is 5.99. The lowest BCUT2D eigenvalue weighted by atomic mass is 9.99. The molecule has 40 heavy (non-hydrogen) atoms. The van der Waals surface area contributed by atoms with Crippen molar-refractivity contribution in [3.8, 4) is 11.1 Å². The van der Waals surface area contributed by atoms with Gasteiger partial charge in [0.2, 0.25) is 0 Å². The fourth-order valence-electron chi connectivity index (χ4n) is 5.24. The lowest BCUT2D eigenvalue weighted by Gasteiger charge is -2.11. The molecule has 1 heterocycles. The van der Waals surface area contributed by atoms with Gasteiger partial charge in [-0.2, -0.15) is 0 Å². The Bertz CT molecular complexity index is 1710. The Morgan fingerprint density at radius 1 is 0.850 bits per heavy atom. The summed E-state index contributed by atoms with van der Waals surface area (Å²) in [4.78, 5) is 24.7. The second kappa shape index (κ2) is 11.2. The van der Waals surface area contributed by atoms with Crippen LogP contribution >= 0.6 is 0 Å². The summed E-state index contributed by atoms with van der Waals surface area (Å²) in [5.74, 6) is -0.572. The number of amides is 1. The Morgan fingerprint density at radius 2 is 1.60 bits per heavy atom. The Hall–Kier alpha value is -4.64. The highest BCUT2D eigenvalue weighted by atomic mass is 16.4. The van der Waals surface area contributed by atoms with Crippen molar-refractivity contribution in [3.63, 3.8) is 0 Å². The van der Waals surface area contributed by atoms with Crippen molar-refractivity contribution in [1.82, 2.24) is 9.88 Å². The van der Waals surface area contributed by atoms with Gasteiger partial charge < -0.3 is 15.0 Å². The normalized spacial score (nSPS) is 11.2. The third-order valence-electron chi connectivity index (χ3n) is 7.74. The number of carbonyl (C=O) groups is 2. The summed E-state index contributed by atoms with van der Waals surface area (Å²) in [7, 11) is 0. The van der Waals surface area contributed by atoms with E-state index in [1.54, 1.807) is 12.1 Å². The number of hydrogen-bond donors (Lipinski definition) is 2. The first-order chi connectivity index (χ1) is 19.2. The van der Waals surface area contributed by atoms with E-state index in [2.05, 4.69) is 49.7 Å². The second-order valence-corrected chi connectivity index (χ2v) is 10.7. The fourth-order valence-corrected chi connectivity index (χ4v) is 5.24. The summed E-state index contributed by atoms with van der Waals surface area (Å²) in [6.07, 6.45) is 0. The van der Waals surface area contributed by atoms with Gasteiger partial charge in [-0.3, -0.25) is 4.79 Å². The number of aryl methyl sites for hydroxylation is 1. The zero-order valence-electron chi connectivity index (χ0n) is 23.4. The number of fused-ring (bicyclic) bond motifs is 1. The van der Waals surface area contributed by atoms with Gasteiger partial charge in [-0.05, 0) is 77.4 Å². The molecular weight excluding hydrogens is 496 g/mol. The summed E-state index contributed by atoms with van der Waals surface area (Å²) in [5, 5.41) is 13.7. The zero-order chi connectivity index (χ0) is 28.4. The van der Waals surface area contributed by atoms with E-state index in [0.29, 0.717) is 35.7 Å². The van der Waals surface area contributed by atoms with Crippen LogP contribution in [0.3, 0.4) is 0 Å². The summed E-state index contributed by atoms with van der Waals surface area (Å²) in [6.45, 7) is 9.70. The number of nitrogens with zero attached hydrogens (tertiary/aromatic N) is 1. The number of carboxylic acids is 1. The van der Waals surface area contributed by atoms with Gasteiger partial charge in [-0.1, -0.05) is 80.6 Å². The maximum absolute atomic E-state index is 13.0. The van der Waals surface area contributed by atoms with Gasteiger partial charge in [0.1, 0.15) is 0 Å². The van der Waals surface area contributed by atoms with Crippen LogP contribution in [0.4, 0.5) is 0 Å². The van der Waals surface area contributed by atoms with E-state index in [1.165, 1.54) is 5.56 Å². The highest BCUT2D eigenvalue weighted by Gasteiger charge is 2.15. The molecule has 202 valence electrons. The minimum Gasteiger partial charge on any atom is -0.478 e. The van der Waals surface area contributed by atoms with Crippen molar-refractivity contribution in [3.05, 3.63) is 130 Å². The van der Waals surface area contributed by atoms with Crippen LogP contribution in [-0.2, 0) is 13.1 Å². The summed E-state index contributed by atoms with van der Waals surface area (Å²) < 4.78 is 2.27. The van der Waals surface area contributed by atoms with Crippen LogP contribution in [0, 0.1) is 13.8 Å². The van der Waals surface area contributed by atoms with E-state index in [4.69, 9.17) is 0 Å². The molecule has 0 bridgehead atoms. The highest BCUT2D eigenvalue weighted by Crippen LogP contribution is 2.29. The predicted octanol–water partition coefficient (Wildman–Crippen LogP) is 7.73. The molecule has 2 N–H and O–H groups in total. The number of hydrogen-bond acceptors (Lipinski definition) is 2. The first-order valence-corrected chi connectivity index (χ1v) is 13.6. The molecule has 1 amide bonds. The molecule has 1 aromatic heterocycles. The van der Waals surface area contributed by atoms with Crippen molar-refractivity contribution in [2.75, 3.05) is 0 Å². The average molecular weight is 531 g/mol. The van der Waals surface area contributed by atoms with Crippen LogP contribution in [0.25, 0.3) is 22.0 Å². The minimum absolute atomic E-state index is 0.0844. The summed E-state index contributed by atoms with van der Waals surface area (Å²) in [6, 6.07) is 29.4. The van der Waals surface area contributed by atoms with Crippen molar-refractivity contribution in [2.45, 2.75) is 46.7 Å². The van der Waals surface area contributed by atoms with Gasteiger partial charge in [-0.15, -0.1) is 0 Å². The van der Waals surface area contributed by atoms with Gasteiger partial charge >= 0.3 is 5.97 Å². The maximum Gasteiger partial charge on any atom is 0.336 e. The molecule has 5 heteroatoms. The largest absolute Gasteiger partial charge is 0.478 e. The fraction of sp³-hybridized carbons (Fsp3) is 0.200. The van der Waals surface area contributed by atoms with Crippen LogP contribution < -0.4 is 5.32 Å². The lowest BCUT2D eigenvalue weighted by molar-refractivity contribution is 0.0697. The molecule has 4 aromatic carbocycles. The summed E-state index contributed by atoms with van der Waals surface area (Å²) in [5.41, 5.74) is 9.38. The molecule has 0 saturated heterocycles. The molecule has 0 saturated carbocycles. The molecule has 0 atom stereocenters. The van der Waals surface area contributed by atoms with Crippen LogP contribution in [0.2, 0.25) is 0 Å². The number of benzene rings is 4. The van der Waals surface area contributed by atoms with Crippen molar-refractivity contribution in [1.29, 1.82) is 0 Å². The third-order valence-corrected chi connectivity index (χ3v) is 7.74. The van der Waals surface area contributed by atoms with Gasteiger partial charge in [-0.25, -0.2) is 4.79 Å². The number of aromatic nitrogens is 1. The van der Waals surface area contributed by atoms with E-state index in [-0.39, 0.29) is 5.91 Å². The van der Waals surface area contributed by atoms with Gasteiger partial charge in [0.05, 0.1) is 5.56 Å². The average Bonchev–Trinajstić information content (AvgIpc) is 3.20. The smallest absolute Gasteiger partial charge is 0.336 e. The number of rotatable bonds is 8. The van der Waals surface area contributed by atoms with Gasteiger partial charge in [0.15, 0.2) is 0 Å². The first-order valence-electron chi connectivity index (χ1n) is 13.6. The quantitative estimate of drug-likeness (QED) is 0.216. The monoisotopic (exact) mass is 530 g/mol. The van der Waals surface area contributed by atoms with Crippen LogP contribution in [0.5, 0.6) is 0 Å². The first kappa shape index (κ1) is 26.9. The molecule has 0 radical (unpaired) electrons. The molecule has 0 fully saturated rings. The molecule has 0 spiro atoms. The number of nitrogens with one attached hydrogen (secondary N) is 1. The van der Waals surface area contributed by atoms with E-state index >= 15 is 0 Å². The van der Waals surface area contributed by atoms with Crippen molar-refractivity contribution >= 4 is 22.8 Å². The minimum atomic E-state index is -0.932. The number of carbonyl (C=O) groups excluding carboxylic acids is 1. The van der Waals surface area contributed by atoms with Crippen LogP contribution in [0.1, 0.15) is 68.4 Å². The molecule has 5 rings (SSSR count). The van der Waals surface area contributed by atoms with Gasteiger partial charge in [0.25, 0.3) is 5.91 Å². The number of carboxylic acid groups (broad SMARTS) is 1. The predicted molar refractivity (Wildman–Crippen MR) is 161 cm³/mol. The van der Waals surface area contributed by atoms with E-state index in [1.807, 2.05) is 66.7 Å². The molecule has 0 unspecified atom stereocenters. The molecule has 0 aliphatic carbocycles. The molecular formula is C35H34N2O3. The lowest BCUT2D eigenvalue weighted by Crippen LogP contribution is -2.22. The van der Waals surface area contributed by atoms with E-state index in [0.717, 1.165) is 38.9 Å². The van der Waals surface area contributed by atoms with E-state index < -0.39 is 5.97 Å².